The molecule has 28 heavy (non-hydrogen) atoms. The van der Waals surface area contributed by atoms with Gasteiger partial charge in [0.05, 0.1) is 5.52 Å². The van der Waals surface area contributed by atoms with Gasteiger partial charge in [-0.2, -0.15) is 5.10 Å². The number of fused-ring (bicyclic) bond motifs is 1. The number of nitrogens with zero attached hydrogens (tertiary/aromatic N) is 3. The zero-order chi connectivity index (χ0) is 19.2. The van der Waals surface area contributed by atoms with Gasteiger partial charge in [0.2, 0.25) is 0 Å². The number of hydrazone groups is 1. The Morgan fingerprint density at radius 1 is 0.821 bits per heavy atom. The van der Waals surface area contributed by atoms with Gasteiger partial charge in [-0.15, -0.1) is 0 Å². The largest absolute Gasteiger partial charge is 0.261 e. The molecule has 0 saturated carbocycles. The summed E-state index contributed by atoms with van der Waals surface area (Å²) in [6, 6.07) is 26.2. The van der Waals surface area contributed by atoms with Crippen LogP contribution in [0, 0.1) is 6.92 Å². The van der Waals surface area contributed by atoms with Gasteiger partial charge in [0.15, 0.2) is 11.6 Å². The van der Waals surface area contributed by atoms with Crippen LogP contribution in [-0.2, 0) is 0 Å². The Labute approximate surface area is 164 Å². The fraction of sp³-hybridized carbons (Fsp3) is 0.0417. The second-order valence-corrected chi connectivity index (χ2v) is 6.44. The number of hydrogen-bond acceptors (Lipinski definition) is 4. The van der Waals surface area contributed by atoms with Gasteiger partial charge in [0, 0.05) is 17.2 Å². The lowest BCUT2D eigenvalue weighted by atomic mass is 10.1. The molecule has 4 nitrogen and oxygen atoms in total. The molecule has 4 rings (SSSR count). The van der Waals surface area contributed by atoms with E-state index in [0.717, 1.165) is 22.0 Å². The molecule has 0 amide bonds. The number of anilines is 1. The normalized spacial score (nSPS) is 11.5. The van der Waals surface area contributed by atoms with Gasteiger partial charge < -0.3 is 0 Å². The quantitative estimate of drug-likeness (QED) is 0.364. The van der Waals surface area contributed by atoms with Crippen molar-refractivity contribution in [3.8, 4) is 11.4 Å². The first-order valence-electron chi connectivity index (χ1n) is 9.14. The van der Waals surface area contributed by atoms with Crippen molar-refractivity contribution in [3.63, 3.8) is 0 Å². The highest BCUT2D eigenvalue weighted by molar-refractivity contribution is 5.91. The summed E-state index contributed by atoms with van der Waals surface area (Å²) in [4.78, 5) is 9.40. The molecule has 0 aliphatic rings. The molecule has 1 N–H and O–H groups in total. The molecule has 4 aromatic rings. The molecule has 0 unspecified atom stereocenters. The lowest BCUT2D eigenvalue weighted by molar-refractivity contribution is 1.19. The summed E-state index contributed by atoms with van der Waals surface area (Å²) in [5.74, 6) is 1.36. The summed E-state index contributed by atoms with van der Waals surface area (Å²) < 4.78 is 0. The Morgan fingerprint density at radius 2 is 1.57 bits per heavy atom. The number of aryl methyl sites for hydroxylation is 1. The highest BCUT2D eigenvalue weighted by Crippen LogP contribution is 2.25. The summed E-state index contributed by atoms with van der Waals surface area (Å²) >= 11 is 0. The maximum atomic E-state index is 4.70. The molecule has 0 aliphatic heterocycles. The highest BCUT2D eigenvalue weighted by Gasteiger charge is 2.08. The molecular formula is C24H20N4. The molecule has 4 heteroatoms. The van der Waals surface area contributed by atoms with Crippen molar-refractivity contribution in [2.24, 2.45) is 5.10 Å². The predicted octanol–water partition coefficient (Wildman–Crippen LogP) is 5.72. The number of aromatic nitrogens is 2. The SMILES string of the molecule is Cc1ccc(-c2nc(NN=CC=Cc3ccccc3)c3ccccc3n2)cc1. The molecule has 0 saturated heterocycles. The molecule has 0 bridgehead atoms. The van der Waals surface area contributed by atoms with E-state index in [-0.39, 0.29) is 0 Å². The molecule has 0 aliphatic carbocycles. The molecule has 1 heterocycles. The van der Waals surface area contributed by atoms with Crippen LogP contribution in [0.2, 0.25) is 0 Å². The maximum absolute atomic E-state index is 4.70. The van der Waals surface area contributed by atoms with Crippen LogP contribution in [0.1, 0.15) is 11.1 Å². The molecule has 0 fully saturated rings. The van der Waals surface area contributed by atoms with Crippen molar-refractivity contribution < 1.29 is 0 Å². The third-order valence-electron chi connectivity index (χ3n) is 4.33. The van der Waals surface area contributed by atoms with E-state index >= 15 is 0 Å². The van der Waals surface area contributed by atoms with Gasteiger partial charge in [0.1, 0.15) is 0 Å². The average Bonchev–Trinajstić information content (AvgIpc) is 2.74. The van der Waals surface area contributed by atoms with E-state index in [2.05, 4.69) is 29.6 Å². The van der Waals surface area contributed by atoms with Gasteiger partial charge >= 0.3 is 0 Å². The van der Waals surface area contributed by atoms with Crippen LogP contribution in [0.25, 0.3) is 28.4 Å². The standard InChI is InChI=1S/C24H20N4/c1-18-13-15-20(16-14-18)23-26-22-12-6-5-11-21(22)24(27-23)28-25-17-7-10-19-8-3-2-4-9-19/h2-17H,1H3,(H,26,27,28). The second-order valence-electron chi connectivity index (χ2n) is 6.44. The molecular weight excluding hydrogens is 344 g/mol. The first kappa shape index (κ1) is 17.6. The molecule has 1 aromatic heterocycles. The van der Waals surface area contributed by atoms with Crippen molar-refractivity contribution in [1.82, 2.24) is 9.97 Å². The smallest absolute Gasteiger partial charge is 0.162 e. The van der Waals surface area contributed by atoms with E-state index in [9.17, 15) is 0 Å². The summed E-state index contributed by atoms with van der Waals surface area (Å²) in [5, 5.41) is 5.24. The number of nitrogens with one attached hydrogen (secondary N) is 1. The number of rotatable bonds is 5. The molecule has 0 radical (unpaired) electrons. The monoisotopic (exact) mass is 364 g/mol. The molecule has 136 valence electrons. The van der Waals surface area contributed by atoms with E-state index in [1.807, 2.05) is 78.9 Å². The van der Waals surface area contributed by atoms with Gasteiger partial charge in [-0.25, -0.2) is 9.97 Å². The van der Waals surface area contributed by atoms with E-state index < -0.39 is 0 Å². The van der Waals surface area contributed by atoms with Crippen LogP contribution in [-0.4, -0.2) is 16.2 Å². The van der Waals surface area contributed by atoms with Crippen molar-refractivity contribution in [2.75, 3.05) is 5.43 Å². The van der Waals surface area contributed by atoms with Crippen molar-refractivity contribution in [3.05, 3.63) is 96.1 Å². The van der Waals surface area contributed by atoms with Crippen molar-refractivity contribution in [2.45, 2.75) is 6.92 Å². The third kappa shape index (κ3) is 4.13. The van der Waals surface area contributed by atoms with Crippen LogP contribution in [0.3, 0.4) is 0 Å². The van der Waals surface area contributed by atoms with Gasteiger partial charge in [0.25, 0.3) is 0 Å². The van der Waals surface area contributed by atoms with Crippen LogP contribution >= 0.6 is 0 Å². The Hall–Kier alpha value is -3.79. The summed E-state index contributed by atoms with van der Waals surface area (Å²) in [5.41, 5.74) is 7.26. The minimum atomic E-state index is 0.677. The van der Waals surface area contributed by atoms with E-state index in [4.69, 9.17) is 9.97 Å². The Morgan fingerprint density at radius 3 is 2.39 bits per heavy atom. The fourth-order valence-electron chi connectivity index (χ4n) is 2.85. The Balaban J connectivity index is 1.61. The van der Waals surface area contributed by atoms with E-state index in [1.165, 1.54) is 5.56 Å². The third-order valence-corrected chi connectivity index (χ3v) is 4.33. The summed E-state index contributed by atoms with van der Waals surface area (Å²) in [6.45, 7) is 2.07. The van der Waals surface area contributed by atoms with Crippen LogP contribution < -0.4 is 5.43 Å². The number of allylic oxidation sites excluding steroid dienone is 1. The summed E-state index contributed by atoms with van der Waals surface area (Å²) in [7, 11) is 0. The summed E-state index contributed by atoms with van der Waals surface area (Å²) in [6.07, 6.45) is 5.61. The number of para-hydroxylation sites is 1. The average molecular weight is 364 g/mol. The zero-order valence-corrected chi connectivity index (χ0v) is 15.6. The molecule has 0 spiro atoms. The topological polar surface area (TPSA) is 50.2 Å². The van der Waals surface area contributed by atoms with Crippen molar-refractivity contribution in [1.29, 1.82) is 0 Å². The van der Waals surface area contributed by atoms with E-state index in [1.54, 1.807) is 6.21 Å². The first-order chi connectivity index (χ1) is 13.8. The number of benzene rings is 3. The minimum absolute atomic E-state index is 0.677. The lowest BCUT2D eigenvalue weighted by Gasteiger charge is -2.08. The van der Waals surface area contributed by atoms with Gasteiger partial charge in [-0.3, -0.25) is 5.43 Å². The molecule has 3 aromatic carbocycles. The first-order valence-corrected chi connectivity index (χ1v) is 9.14. The predicted molar refractivity (Wildman–Crippen MR) is 117 cm³/mol. The minimum Gasteiger partial charge on any atom is -0.261 e. The second kappa shape index (κ2) is 8.27. The van der Waals surface area contributed by atoms with Crippen LogP contribution in [0.4, 0.5) is 5.82 Å². The van der Waals surface area contributed by atoms with Gasteiger partial charge in [-0.1, -0.05) is 78.4 Å². The zero-order valence-electron chi connectivity index (χ0n) is 15.6. The fourth-order valence-corrected chi connectivity index (χ4v) is 2.85. The Bertz CT molecular complexity index is 1130. The highest BCUT2D eigenvalue weighted by atomic mass is 15.3. The lowest BCUT2D eigenvalue weighted by Crippen LogP contribution is -1.98. The maximum Gasteiger partial charge on any atom is 0.162 e. The van der Waals surface area contributed by atoms with Crippen molar-refractivity contribution >= 4 is 29.0 Å². The molecule has 0 atom stereocenters. The van der Waals surface area contributed by atoms with E-state index in [0.29, 0.717) is 11.6 Å². The number of hydrogen-bond donors (Lipinski definition) is 1. The van der Waals surface area contributed by atoms with Crippen LogP contribution in [0.15, 0.2) is 90.0 Å². The Kier molecular flexibility index (Phi) is 5.20. The van der Waals surface area contributed by atoms with Crippen LogP contribution in [0.5, 0.6) is 0 Å². The van der Waals surface area contributed by atoms with Gasteiger partial charge in [-0.05, 0) is 30.7 Å².